The number of piperidine rings is 1. The summed E-state index contributed by atoms with van der Waals surface area (Å²) in [6, 6.07) is 7.66. The molecule has 152 valence electrons. The van der Waals surface area contributed by atoms with E-state index in [0.717, 1.165) is 59.1 Å². The number of amides is 1. The Labute approximate surface area is 176 Å². The highest BCUT2D eigenvalue weighted by Crippen LogP contribution is 2.26. The number of nitrogens with one attached hydrogen (secondary N) is 1. The molecule has 0 bridgehead atoms. The number of anilines is 1. The van der Waals surface area contributed by atoms with Crippen LogP contribution in [0.1, 0.15) is 30.8 Å². The van der Waals surface area contributed by atoms with Gasteiger partial charge in [-0.25, -0.2) is 4.98 Å². The van der Waals surface area contributed by atoms with Crippen LogP contribution < -0.4 is 5.32 Å². The minimum absolute atomic E-state index is 0.00738. The fraction of sp³-hybridized carbons (Fsp3) is 0.435. The van der Waals surface area contributed by atoms with Gasteiger partial charge in [0.2, 0.25) is 5.91 Å². The number of likely N-dealkylation sites (tertiary alicyclic amines) is 1. The number of aromatic nitrogens is 3. The van der Waals surface area contributed by atoms with Gasteiger partial charge in [-0.1, -0.05) is 26.0 Å². The largest absolute Gasteiger partial charge is 0.310 e. The zero-order chi connectivity index (χ0) is 22.9. The first-order chi connectivity index (χ1) is 15.2. The number of nitrogens with zero attached hydrogens (tertiary/aromatic N) is 4. The zero-order valence-electron chi connectivity index (χ0n) is 19.9. The van der Waals surface area contributed by atoms with Crippen molar-refractivity contribution in [2.75, 3.05) is 25.0 Å². The number of hydrogen-bond acceptors (Lipinski definition) is 4. The smallest absolute Gasteiger partial charge is 0.228 e. The lowest BCUT2D eigenvalue weighted by Crippen LogP contribution is -2.39. The van der Waals surface area contributed by atoms with E-state index in [0.29, 0.717) is 11.7 Å². The average Bonchev–Trinajstić information content (AvgIpc) is 3.24. The van der Waals surface area contributed by atoms with Gasteiger partial charge in [0.15, 0.2) is 0 Å². The molecular formula is C23H29N5O. The van der Waals surface area contributed by atoms with Gasteiger partial charge in [-0.15, -0.1) is 0 Å². The van der Waals surface area contributed by atoms with Gasteiger partial charge in [0.25, 0.3) is 0 Å². The van der Waals surface area contributed by atoms with E-state index in [-0.39, 0.29) is 11.8 Å². The van der Waals surface area contributed by atoms with Crippen LogP contribution in [0.4, 0.5) is 5.82 Å². The van der Waals surface area contributed by atoms with Crippen LogP contribution in [0.3, 0.4) is 0 Å². The number of benzene rings is 1. The fourth-order valence-corrected chi connectivity index (χ4v) is 3.98. The zero-order valence-corrected chi connectivity index (χ0v) is 16.9. The molecule has 4 rings (SSSR count). The second-order valence-electron chi connectivity index (χ2n) is 8.26. The summed E-state index contributed by atoms with van der Waals surface area (Å²) in [5, 5.41) is 8.80. The maximum Gasteiger partial charge on any atom is 0.228 e. The van der Waals surface area contributed by atoms with E-state index >= 15 is 0 Å². The van der Waals surface area contributed by atoms with E-state index in [1.807, 2.05) is 24.3 Å². The normalized spacial score (nSPS) is 17.8. The molecule has 3 aromatic rings. The van der Waals surface area contributed by atoms with Crippen LogP contribution in [-0.4, -0.2) is 45.2 Å². The lowest BCUT2D eigenvalue weighted by molar-refractivity contribution is -0.121. The molecule has 0 aliphatic carbocycles. The van der Waals surface area contributed by atoms with Crippen LogP contribution in [0, 0.1) is 11.8 Å². The lowest BCUT2D eigenvalue weighted by Gasteiger charge is -2.32. The van der Waals surface area contributed by atoms with Crippen molar-refractivity contribution in [3.63, 3.8) is 0 Å². The van der Waals surface area contributed by atoms with E-state index in [1.165, 1.54) is 6.20 Å². The molecule has 1 aliphatic heterocycles. The van der Waals surface area contributed by atoms with Crippen molar-refractivity contribution in [1.29, 1.82) is 0 Å². The Morgan fingerprint density at radius 3 is 2.76 bits per heavy atom. The van der Waals surface area contributed by atoms with Crippen LogP contribution in [0.5, 0.6) is 0 Å². The Bertz CT molecular complexity index is 1100. The first kappa shape index (κ1) is 16.1. The van der Waals surface area contributed by atoms with E-state index in [9.17, 15) is 4.79 Å². The van der Waals surface area contributed by atoms with Crippen molar-refractivity contribution in [2.45, 2.75) is 26.7 Å². The monoisotopic (exact) mass is 394 g/mol. The summed E-state index contributed by atoms with van der Waals surface area (Å²) >= 11 is 0. The Kier molecular flexibility index (Phi) is 4.63. The number of rotatable bonds is 5. The number of pyridine rings is 1. The molecule has 1 aromatic carbocycles. The van der Waals surface area contributed by atoms with Crippen LogP contribution in [-0.2, 0) is 11.8 Å². The molecule has 1 N–H and O–H groups in total. The minimum atomic E-state index is -2.30. The van der Waals surface area contributed by atoms with Gasteiger partial charge in [-0.3, -0.25) is 9.48 Å². The summed E-state index contributed by atoms with van der Waals surface area (Å²) in [5.41, 5.74) is 1.58. The third kappa shape index (κ3) is 4.65. The quantitative estimate of drug-likeness (QED) is 0.712. The van der Waals surface area contributed by atoms with Gasteiger partial charge in [0.1, 0.15) is 5.82 Å². The highest BCUT2D eigenvalue weighted by Gasteiger charge is 2.25. The summed E-state index contributed by atoms with van der Waals surface area (Å²) in [7, 11) is 0. The second kappa shape index (κ2) is 8.33. The maximum absolute atomic E-state index is 12.8. The van der Waals surface area contributed by atoms with Crippen molar-refractivity contribution < 1.29 is 8.91 Å². The Morgan fingerprint density at radius 2 is 2.03 bits per heavy atom. The second-order valence-corrected chi connectivity index (χ2v) is 8.26. The third-order valence-electron chi connectivity index (χ3n) is 5.47. The number of fused-ring (bicyclic) bond motifs is 1. The molecule has 0 atom stereocenters. The molecule has 6 heteroatoms. The van der Waals surface area contributed by atoms with Gasteiger partial charge < -0.3 is 10.2 Å². The topological polar surface area (TPSA) is 63.1 Å². The Balaban J connectivity index is 1.46. The molecule has 6 nitrogen and oxygen atoms in total. The van der Waals surface area contributed by atoms with E-state index in [2.05, 4.69) is 34.1 Å². The van der Waals surface area contributed by atoms with Crippen molar-refractivity contribution in [3.8, 4) is 11.1 Å². The first-order valence-electron chi connectivity index (χ1n) is 11.7. The molecular weight excluding hydrogens is 362 g/mol. The summed E-state index contributed by atoms with van der Waals surface area (Å²) in [4.78, 5) is 19.6. The predicted molar refractivity (Wildman–Crippen MR) is 117 cm³/mol. The van der Waals surface area contributed by atoms with Crippen LogP contribution in [0.2, 0.25) is 0 Å². The number of hydrogen-bond donors (Lipinski definition) is 1. The van der Waals surface area contributed by atoms with Crippen LogP contribution >= 0.6 is 0 Å². The average molecular weight is 395 g/mol. The van der Waals surface area contributed by atoms with Crippen molar-refractivity contribution in [1.82, 2.24) is 19.7 Å². The summed E-state index contributed by atoms with van der Waals surface area (Å²) in [6.45, 7) is 5.11. The van der Waals surface area contributed by atoms with E-state index < -0.39 is 6.98 Å². The van der Waals surface area contributed by atoms with Gasteiger partial charge in [0, 0.05) is 46.9 Å². The highest BCUT2D eigenvalue weighted by molar-refractivity contribution is 5.95. The SMILES string of the molecule is [2H]C([2H])([2H])n1cc(-c2ccc3cnc(NC(=O)C4CCN(CC(C)C)CC4)cc3c2)cn1. The molecule has 1 aliphatic rings. The maximum atomic E-state index is 12.8. The molecule has 0 unspecified atom stereocenters. The molecule has 2 aromatic heterocycles. The number of aryl methyl sites for hydroxylation is 1. The molecule has 0 spiro atoms. The molecule has 1 saturated heterocycles. The Hall–Kier alpha value is -2.73. The van der Waals surface area contributed by atoms with E-state index in [4.69, 9.17) is 4.11 Å². The summed E-state index contributed by atoms with van der Waals surface area (Å²) < 4.78 is 23.4. The molecule has 3 heterocycles. The first-order valence-corrected chi connectivity index (χ1v) is 10.2. The van der Waals surface area contributed by atoms with Gasteiger partial charge in [0.05, 0.1) is 6.20 Å². The fourth-order valence-electron chi connectivity index (χ4n) is 3.98. The molecule has 1 fully saturated rings. The predicted octanol–water partition coefficient (Wildman–Crippen LogP) is 3.94. The van der Waals surface area contributed by atoms with Crippen molar-refractivity contribution in [2.24, 2.45) is 18.8 Å². The van der Waals surface area contributed by atoms with Gasteiger partial charge >= 0.3 is 0 Å². The van der Waals surface area contributed by atoms with Crippen LogP contribution in [0.25, 0.3) is 21.9 Å². The molecule has 0 saturated carbocycles. The molecule has 29 heavy (non-hydrogen) atoms. The van der Waals surface area contributed by atoms with Gasteiger partial charge in [-0.2, -0.15) is 5.10 Å². The molecule has 0 radical (unpaired) electrons. The van der Waals surface area contributed by atoms with Crippen LogP contribution in [0.15, 0.2) is 42.9 Å². The number of carbonyl (C=O) groups excluding carboxylic acids is 1. The van der Waals surface area contributed by atoms with E-state index in [1.54, 1.807) is 12.4 Å². The lowest BCUT2D eigenvalue weighted by atomic mass is 9.95. The third-order valence-corrected chi connectivity index (χ3v) is 5.47. The Morgan fingerprint density at radius 1 is 1.21 bits per heavy atom. The van der Waals surface area contributed by atoms with Gasteiger partial charge in [-0.05, 0) is 54.9 Å². The standard InChI is InChI=1S/C23H29N5O/c1-16(2)14-28-8-6-17(7-9-28)23(29)26-22-11-20-10-18(4-5-19(20)12-24-22)21-13-25-27(3)15-21/h4-5,10-13,15-17H,6-9,14H2,1-3H3,(H,24,26,29)/i3D3. The van der Waals surface area contributed by atoms with Crippen molar-refractivity contribution >= 4 is 22.5 Å². The number of carbonyl (C=O) groups is 1. The summed E-state index contributed by atoms with van der Waals surface area (Å²) in [6.07, 6.45) is 6.53. The molecule has 1 amide bonds. The minimum Gasteiger partial charge on any atom is -0.310 e. The van der Waals surface area contributed by atoms with Crippen molar-refractivity contribution in [3.05, 3.63) is 42.9 Å². The summed E-state index contributed by atoms with van der Waals surface area (Å²) in [5.74, 6) is 1.20. The highest BCUT2D eigenvalue weighted by atomic mass is 16.1.